The maximum absolute atomic E-state index is 10.6. The highest BCUT2D eigenvalue weighted by atomic mass is 16.4. The van der Waals surface area contributed by atoms with Crippen molar-refractivity contribution in [3.63, 3.8) is 0 Å². The molecule has 0 aliphatic rings. The van der Waals surface area contributed by atoms with E-state index in [0.717, 1.165) is 11.3 Å². The minimum atomic E-state index is -0.929. The Kier molecular flexibility index (Phi) is 3.48. The Hall–Kier alpha value is -1.55. The van der Waals surface area contributed by atoms with E-state index in [4.69, 9.17) is 10.2 Å². The molecule has 0 radical (unpaired) electrons. The molecule has 0 spiro atoms. The van der Waals surface area contributed by atoms with Crippen molar-refractivity contribution in [2.75, 3.05) is 18.5 Å². The zero-order valence-corrected chi connectivity index (χ0v) is 7.95. The predicted octanol–water partition coefficient (Wildman–Crippen LogP) is 1.10. The fraction of sp³-hybridized carbons (Fsp3) is 0.300. The molecule has 3 N–H and O–H groups in total. The van der Waals surface area contributed by atoms with Crippen molar-refractivity contribution in [1.82, 2.24) is 0 Å². The molecule has 0 aliphatic heterocycles. The van der Waals surface area contributed by atoms with Crippen LogP contribution in [0.1, 0.15) is 15.9 Å². The van der Waals surface area contributed by atoms with Gasteiger partial charge in [0.15, 0.2) is 0 Å². The van der Waals surface area contributed by atoms with Crippen LogP contribution in [0.5, 0.6) is 0 Å². The second kappa shape index (κ2) is 4.62. The molecule has 0 saturated heterocycles. The third-order valence-corrected chi connectivity index (χ3v) is 1.90. The molecule has 0 aromatic heterocycles. The van der Waals surface area contributed by atoms with Gasteiger partial charge in [0.2, 0.25) is 0 Å². The molecule has 1 aromatic carbocycles. The number of benzene rings is 1. The van der Waals surface area contributed by atoms with E-state index in [1.165, 1.54) is 6.07 Å². The molecule has 0 fully saturated rings. The predicted molar refractivity (Wildman–Crippen MR) is 53.7 cm³/mol. The van der Waals surface area contributed by atoms with Crippen LogP contribution in [-0.4, -0.2) is 29.3 Å². The van der Waals surface area contributed by atoms with Crippen LogP contribution in [0.25, 0.3) is 0 Å². The first-order valence-electron chi connectivity index (χ1n) is 4.34. The molecule has 0 bridgehead atoms. The van der Waals surface area contributed by atoms with Crippen LogP contribution < -0.4 is 5.32 Å². The third kappa shape index (κ3) is 2.47. The number of carbonyl (C=O) groups is 1. The summed E-state index contributed by atoms with van der Waals surface area (Å²) in [6, 6.07) is 4.84. The number of rotatable bonds is 4. The Bertz CT molecular complexity index is 336. The molecular weight excluding hydrogens is 182 g/mol. The summed E-state index contributed by atoms with van der Waals surface area (Å²) in [5.74, 6) is -0.929. The van der Waals surface area contributed by atoms with Gasteiger partial charge in [-0.05, 0) is 30.7 Å². The highest BCUT2D eigenvalue weighted by Gasteiger charge is 2.04. The van der Waals surface area contributed by atoms with Crippen molar-refractivity contribution in [1.29, 1.82) is 0 Å². The lowest BCUT2D eigenvalue weighted by molar-refractivity contribution is 0.0697. The summed E-state index contributed by atoms with van der Waals surface area (Å²) in [7, 11) is 0. The van der Waals surface area contributed by atoms with Crippen molar-refractivity contribution in [3.8, 4) is 0 Å². The number of carboxylic acid groups (broad SMARTS) is 1. The third-order valence-electron chi connectivity index (χ3n) is 1.90. The average molecular weight is 195 g/mol. The number of aromatic carboxylic acids is 1. The van der Waals surface area contributed by atoms with Crippen molar-refractivity contribution < 1.29 is 15.0 Å². The van der Waals surface area contributed by atoms with E-state index in [9.17, 15) is 4.79 Å². The second-order valence-electron chi connectivity index (χ2n) is 2.99. The van der Waals surface area contributed by atoms with Crippen LogP contribution in [0.2, 0.25) is 0 Å². The van der Waals surface area contributed by atoms with Crippen LogP contribution in [0.15, 0.2) is 18.2 Å². The van der Waals surface area contributed by atoms with Crippen molar-refractivity contribution >= 4 is 11.7 Å². The van der Waals surface area contributed by atoms with E-state index >= 15 is 0 Å². The molecule has 0 amide bonds. The van der Waals surface area contributed by atoms with Crippen molar-refractivity contribution in [2.24, 2.45) is 0 Å². The molecule has 1 aromatic rings. The summed E-state index contributed by atoms with van der Waals surface area (Å²) < 4.78 is 0. The zero-order chi connectivity index (χ0) is 10.6. The topological polar surface area (TPSA) is 69.6 Å². The number of carboxylic acids is 1. The summed E-state index contributed by atoms with van der Waals surface area (Å²) in [5, 5.41) is 20.3. The molecular formula is C10H13NO3. The Labute approximate surface area is 82.2 Å². The summed E-state index contributed by atoms with van der Waals surface area (Å²) in [5.41, 5.74) is 1.99. The minimum absolute atomic E-state index is 0.0557. The van der Waals surface area contributed by atoms with Crippen LogP contribution in [0, 0.1) is 6.92 Å². The van der Waals surface area contributed by atoms with Gasteiger partial charge in [-0.15, -0.1) is 0 Å². The molecule has 76 valence electrons. The first-order chi connectivity index (χ1) is 6.65. The maximum Gasteiger partial charge on any atom is 0.335 e. The first-order valence-corrected chi connectivity index (χ1v) is 4.34. The van der Waals surface area contributed by atoms with Gasteiger partial charge in [-0.2, -0.15) is 0 Å². The van der Waals surface area contributed by atoms with Crippen LogP contribution in [0.4, 0.5) is 5.69 Å². The molecule has 0 aliphatic carbocycles. The van der Waals surface area contributed by atoms with Crippen molar-refractivity contribution in [3.05, 3.63) is 29.3 Å². The molecule has 14 heavy (non-hydrogen) atoms. The van der Waals surface area contributed by atoms with Crippen LogP contribution in [-0.2, 0) is 0 Å². The number of hydrogen-bond donors (Lipinski definition) is 3. The highest BCUT2D eigenvalue weighted by Crippen LogP contribution is 2.15. The second-order valence-corrected chi connectivity index (χ2v) is 2.99. The van der Waals surface area contributed by atoms with E-state index in [1.54, 1.807) is 12.1 Å². The van der Waals surface area contributed by atoms with E-state index < -0.39 is 5.97 Å². The smallest absolute Gasteiger partial charge is 0.335 e. The van der Waals surface area contributed by atoms with Gasteiger partial charge in [0.25, 0.3) is 0 Å². The average Bonchev–Trinajstić information content (AvgIpc) is 2.15. The lowest BCUT2D eigenvalue weighted by Crippen LogP contribution is -2.07. The Morgan fingerprint density at radius 2 is 2.21 bits per heavy atom. The lowest BCUT2D eigenvalue weighted by atomic mass is 10.1. The van der Waals surface area contributed by atoms with E-state index in [1.807, 2.05) is 6.92 Å². The van der Waals surface area contributed by atoms with Crippen LogP contribution >= 0.6 is 0 Å². The molecule has 1 rings (SSSR count). The Morgan fingerprint density at radius 1 is 1.50 bits per heavy atom. The van der Waals surface area contributed by atoms with Crippen molar-refractivity contribution in [2.45, 2.75) is 6.92 Å². The van der Waals surface area contributed by atoms with E-state index in [0.29, 0.717) is 6.54 Å². The fourth-order valence-electron chi connectivity index (χ4n) is 1.19. The fourth-order valence-corrected chi connectivity index (χ4v) is 1.19. The number of aliphatic hydroxyl groups excluding tert-OH is 1. The molecule has 4 heteroatoms. The van der Waals surface area contributed by atoms with E-state index in [-0.39, 0.29) is 12.2 Å². The number of nitrogens with one attached hydrogen (secondary N) is 1. The largest absolute Gasteiger partial charge is 0.478 e. The van der Waals surface area contributed by atoms with Crippen LogP contribution in [0.3, 0.4) is 0 Å². The molecule has 0 saturated carbocycles. The SMILES string of the molecule is Cc1cc(C(=O)O)ccc1NCCO. The summed E-state index contributed by atoms with van der Waals surface area (Å²) in [6.45, 7) is 2.35. The number of anilines is 1. The summed E-state index contributed by atoms with van der Waals surface area (Å²) >= 11 is 0. The molecule has 0 heterocycles. The zero-order valence-electron chi connectivity index (χ0n) is 7.95. The molecule has 0 unspecified atom stereocenters. The minimum Gasteiger partial charge on any atom is -0.478 e. The van der Waals surface area contributed by atoms with Gasteiger partial charge >= 0.3 is 5.97 Å². The standard InChI is InChI=1S/C10H13NO3/c1-7-6-8(10(13)14)2-3-9(7)11-4-5-12/h2-3,6,11-12H,4-5H2,1H3,(H,13,14). The lowest BCUT2D eigenvalue weighted by Gasteiger charge is -2.08. The number of aryl methyl sites for hydroxylation is 1. The highest BCUT2D eigenvalue weighted by molar-refractivity contribution is 5.88. The van der Waals surface area contributed by atoms with Gasteiger partial charge in [0, 0.05) is 12.2 Å². The normalized spacial score (nSPS) is 9.86. The maximum atomic E-state index is 10.6. The number of hydrogen-bond acceptors (Lipinski definition) is 3. The van der Waals surface area contributed by atoms with Gasteiger partial charge in [0.1, 0.15) is 0 Å². The molecule has 0 atom stereocenters. The Morgan fingerprint density at radius 3 is 2.71 bits per heavy atom. The Balaban J connectivity index is 2.84. The summed E-state index contributed by atoms with van der Waals surface area (Å²) in [6.07, 6.45) is 0. The van der Waals surface area contributed by atoms with Gasteiger partial charge in [-0.1, -0.05) is 0 Å². The summed E-state index contributed by atoms with van der Waals surface area (Å²) in [4.78, 5) is 10.6. The van der Waals surface area contributed by atoms with Gasteiger partial charge in [-0.3, -0.25) is 0 Å². The first kappa shape index (κ1) is 10.5. The molecule has 4 nitrogen and oxygen atoms in total. The number of aliphatic hydroxyl groups is 1. The monoisotopic (exact) mass is 195 g/mol. The van der Waals surface area contributed by atoms with Gasteiger partial charge < -0.3 is 15.5 Å². The van der Waals surface area contributed by atoms with E-state index in [2.05, 4.69) is 5.32 Å². The van der Waals surface area contributed by atoms with Gasteiger partial charge in [0.05, 0.1) is 12.2 Å². The quantitative estimate of drug-likeness (QED) is 0.672. The van der Waals surface area contributed by atoms with Gasteiger partial charge in [-0.25, -0.2) is 4.79 Å².